The van der Waals surface area contributed by atoms with Crippen LogP contribution in [0.4, 0.5) is 5.69 Å². The summed E-state index contributed by atoms with van der Waals surface area (Å²) in [4.78, 5) is 12.8. The summed E-state index contributed by atoms with van der Waals surface area (Å²) in [7, 11) is 1.93. The summed E-state index contributed by atoms with van der Waals surface area (Å²) in [5.74, 6) is 0.197. The molecule has 2 aliphatic carbocycles. The van der Waals surface area contributed by atoms with Gasteiger partial charge in [0, 0.05) is 19.3 Å². The third kappa shape index (κ3) is 4.26. The summed E-state index contributed by atoms with van der Waals surface area (Å²) in [5, 5.41) is 11.2. The van der Waals surface area contributed by atoms with Crippen molar-refractivity contribution in [3.63, 3.8) is 0 Å². The summed E-state index contributed by atoms with van der Waals surface area (Å²) in [6.07, 6.45) is 11.2. The first-order valence-electron chi connectivity index (χ1n) is 10.7. The fourth-order valence-corrected chi connectivity index (χ4v) is 5.05. The predicted octanol–water partition coefficient (Wildman–Crippen LogP) is 5.63. The average molecular weight is 382 g/mol. The molecule has 0 amide bonds. The van der Waals surface area contributed by atoms with Gasteiger partial charge >= 0.3 is 5.97 Å². The molecule has 150 valence electrons. The molecule has 0 unspecified atom stereocenters. The molecule has 0 bridgehead atoms. The van der Waals surface area contributed by atoms with Crippen LogP contribution in [0.5, 0.6) is 5.75 Å². The summed E-state index contributed by atoms with van der Waals surface area (Å²) < 4.78 is 6.33. The number of fused-ring (bicyclic) bond motifs is 1. The number of nitrogens with zero attached hydrogens (tertiary/aromatic N) is 1. The van der Waals surface area contributed by atoms with Gasteiger partial charge in [-0.25, -0.2) is 0 Å². The molecule has 4 heteroatoms. The van der Waals surface area contributed by atoms with E-state index < -0.39 is 5.97 Å². The maximum Gasteiger partial charge on any atom is 0.305 e. The van der Waals surface area contributed by atoms with Gasteiger partial charge in [0.1, 0.15) is 5.75 Å². The van der Waals surface area contributed by atoms with E-state index in [2.05, 4.69) is 36.4 Å². The zero-order chi connectivity index (χ0) is 19.6. The minimum Gasteiger partial charge on any atom is -0.490 e. The van der Waals surface area contributed by atoms with Crippen LogP contribution in [0.1, 0.15) is 57.8 Å². The van der Waals surface area contributed by atoms with Crippen molar-refractivity contribution >= 4 is 22.4 Å². The molecule has 1 N–H and O–H groups in total. The van der Waals surface area contributed by atoms with E-state index in [1.807, 2.05) is 11.9 Å². The summed E-state index contributed by atoms with van der Waals surface area (Å²) >= 11 is 0. The Labute approximate surface area is 167 Å². The number of rotatable bonds is 6. The van der Waals surface area contributed by atoms with Crippen LogP contribution in [-0.2, 0) is 4.79 Å². The van der Waals surface area contributed by atoms with Crippen LogP contribution < -0.4 is 9.64 Å². The van der Waals surface area contributed by atoms with Crippen molar-refractivity contribution < 1.29 is 14.6 Å². The zero-order valence-electron chi connectivity index (χ0n) is 16.8. The van der Waals surface area contributed by atoms with Gasteiger partial charge in [0.05, 0.1) is 12.5 Å². The standard InChI is InChI=1S/C24H31NO3/c1-25(15-10-23(26)27)20-6-4-19-17-22(7-5-18(19)16-20)28-21-8-13-24(14-9-21)11-2-3-12-24/h4-7,16-17,21H,2-3,8-15H2,1H3,(H,26,27). The van der Waals surface area contributed by atoms with Gasteiger partial charge in [0.15, 0.2) is 0 Å². The highest BCUT2D eigenvalue weighted by molar-refractivity contribution is 5.87. The minimum atomic E-state index is -0.768. The Bertz CT molecular complexity index is 831. The van der Waals surface area contributed by atoms with Crippen molar-refractivity contribution in [3.05, 3.63) is 36.4 Å². The Hall–Kier alpha value is -2.23. The predicted molar refractivity (Wildman–Crippen MR) is 113 cm³/mol. The molecular weight excluding hydrogens is 350 g/mol. The molecule has 2 saturated carbocycles. The van der Waals surface area contributed by atoms with E-state index in [0.717, 1.165) is 22.2 Å². The van der Waals surface area contributed by atoms with Gasteiger partial charge in [-0.15, -0.1) is 0 Å². The fraction of sp³-hybridized carbons (Fsp3) is 0.542. The van der Waals surface area contributed by atoms with Crippen LogP contribution in [0.2, 0.25) is 0 Å². The van der Waals surface area contributed by atoms with E-state index in [1.54, 1.807) is 0 Å². The second-order valence-corrected chi connectivity index (χ2v) is 8.78. The number of hydrogen-bond acceptors (Lipinski definition) is 3. The lowest BCUT2D eigenvalue weighted by Gasteiger charge is -2.37. The number of aliphatic carboxylic acids is 1. The van der Waals surface area contributed by atoms with Crippen LogP contribution in [0.25, 0.3) is 10.8 Å². The summed E-state index contributed by atoms with van der Waals surface area (Å²) in [5.41, 5.74) is 1.68. The van der Waals surface area contributed by atoms with Gasteiger partial charge in [-0.2, -0.15) is 0 Å². The lowest BCUT2D eigenvalue weighted by atomic mass is 9.72. The van der Waals surface area contributed by atoms with Crippen molar-refractivity contribution in [2.75, 3.05) is 18.5 Å². The van der Waals surface area contributed by atoms with Crippen molar-refractivity contribution in [1.82, 2.24) is 0 Å². The molecule has 2 fully saturated rings. The quantitative estimate of drug-likeness (QED) is 0.704. The van der Waals surface area contributed by atoms with Gasteiger partial charge in [0.25, 0.3) is 0 Å². The van der Waals surface area contributed by atoms with Gasteiger partial charge < -0.3 is 14.7 Å². The fourth-order valence-electron chi connectivity index (χ4n) is 5.05. The maximum atomic E-state index is 10.8. The van der Waals surface area contributed by atoms with E-state index in [1.165, 1.54) is 51.4 Å². The van der Waals surface area contributed by atoms with Crippen LogP contribution in [0.15, 0.2) is 36.4 Å². The van der Waals surface area contributed by atoms with Crippen molar-refractivity contribution in [1.29, 1.82) is 0 Å². The Morgan fingerprint density at radius 1 is 1.07 bits per heavy atom. The molecule has 28 heavy (non-hydrogen) atoms. The summed E-state index contributed by atoms with van der Waals surface area (Å²) in [6.45, 7) is 0.505. The van der Waals surface area contributed by atoms with Crippen molar-refractivity contribution in [3.8, 4) is 5.75 Å². The molecule has 2 aromatic rings. The molecule has 0 heterocycles. The first-order chi connectivity index (χ1) is 13.5. The monoisotopic (exact) mass is 381 g/mol. The molecule has 0 aliphatic heterocycles. The first-order valence-corrected chi connectivity index (χ1v) is 10.7. The van der Waals surface area contributed by atoms with E-state index >= 15 is 0 Å². The average Bonchev–Trinajstić information content (AvgIpc) is 3.16. The number of hydrogen-bond donors (Lipinski definition) is 1. The van der Waals surface area contributed by atoms with Crippen LogP contribution in [0, 0.1) is 5.41 Å². The lowest BCUT2D eigenvalue weighted by Crippen LogP contribution is -2.30. The van der Waals surface area contributed by atoms with Gasteiger partial charge in [-0.1, -0.05) is 25.0 Å². The van der Waals surface area contributed by atoms with E-state index in [-0.39, 0.29) is 6.42 Å². The van der Waals surface area contributed by atoms with Crippen LogP contribution in [0.3, 0.4) is 0 Å². The van der Waals surface area contributed by atoms with Crippen LogP contribution >= 0.6 is 0 Å². The highest BCUT2D eigenvalue weighted by Gasteiger charge is 2.38. The second kappa shape index (κ2) is 8.02. The zero-order valence-corrected chi connectivity index (χ0v) is 16.8. The molecule has 1 spiro atoms. The van der Waals surface area contributed by atoms with Crippen molar-refractivity contribution in [2.45, 2.75) is 63.9 Å². The Morgan fingerprint density at radius 3 is 2.46 bits per heavy atom. The molecule has 0 atom stereocenters. The van der Waals surface area contributed by atoms with E-state index in [0.29, 0.717) is 18.1 Å². The Morgan fingerprint density at radius 2 is 1.75 bits per heavy atom. The molecule has 2 aliphatic rings. The summed E-state index contributed by atoms with van der Waals surface area (Å²) in [6, 6.07) is 12.6. The van der Waals surface area contributed by atoms with Gasteiger partial charge in [-0.05, 0) is 79.0 Å². The third-order valence-corrected chi connectivity index (χ3v) is 6.86. The molecular formula is C24H31NO3. The number of anilines is 1. The van der Waals surface area contributed by atoms with E-state index in [4.69, 9.17) is 9.84 Å². The largest absolute Gasteiger partial charge is 0.490 e. The van der Waals surface area contributed by atoms with Crippen molar-refractivity contribution in [2.24, 2.45) is 5.41 Å². The van der Waals surface area contributed by atoms with Gasteiger partial charge in [-0.3, -0.25) is 4.79 Å². The molecule has 4 nitrogen and oxygen atoms in total. The topological polar surface area (TPSA) is 49.8 Å². The highest BCUT2D eigenvalue weighted by atomic mass is 16.5. The number of benzene rings is 2. The Balaban J connectivity index is 1.39. The SMILES string of the molecule is CN(CCC(=O)O)c1ccc2cc(OC3CCC4(CCCC4)CC3)ccc2c1. The third-order valence-electron chi connectivity index (χ3n) is 6.86. The maximum absolute atomic E-state index is 10.8. The molecule has 0 aromatic heterocycles. The molecule has 0 radical (unpaired) electrons. The second-order valence-electron chi connectivity index (χ2n) is 8.78. The number of carboxylic acids is 1. The lowest BCUT2D eigenvalue weighted by molar-refractivity contribution is -0.136. The van der Waals surface area contributed by atoms with E-state index in [9.17, 15) is 4.79 Å². The molecule has 2 aromatic carbocycles. The molecule has 4 rings (SSSR count). The first kappa shape index (κ1) is 19.1. The normalized spacial score (nSPS) is 19.2. The Kier molecular flexibility index (Phi) is 5.47. The number of ether oxygens (including phenoxy) is 1. The van der Waals surface area contributed by atoms with Crippen LogP contribution in [-0.4, -0.2) is 30.8 Å². The van der Waals surface area contributed by atoms with Gasteiger partial charge in [0.2, 0.25) is 0 Å². The molecule has 0 saturated heterocycles. The number of carbonyl (C=O) groups is 1. The number of carboxylic acid groups (broad SMARTS) is 1. The highest BCUT2D eigenvalue weighted by Crippen LogP contribution is 2.49. The smallest absolute Gasteiger partial charge is 0.305 e. The minimum absolute atomic E-state index is 0.143.